The van der Waals surface area contributed by atoms with Gasteiger partial charge in [0.1, 0.15) is 29.6 Å². The van der Waals surface area contributed by atoms with Crippen LogP contribution < -0.4 is 25.2 Å². The first-order valence-corrected chi connectivity index (χ1v) is 20.1. The van der Waals surface area contributed by atoms with Crippen molar-refractivity contribution in [2.75, 3.05) is 49.1 Å². The maximum absolute atomic E-state index is 13.5. The summed E-state index contributed by atoms with van der Waals surface area (Å²) in [5, 5.41) is 20.6. The highest BCUT2D eigenvalue weighted by Gasteiger charge is 2.64. The van der Waals surface area contributed by atoms with Gasteiger partial charge in [-0.1, -0.05) is 39.3 Å². The lowest BCUT2D eigenvalue weighted by Gasteiger charge is -2.63. The van der Waals surface area contributed by atoms with Crippen LogP contribution in [0.3, 0.4) is 0 Å². The van der Waals surface area contributed by atoms with Crippen LogP contribution in [0.25, 0.3) is 10.9 Å². The Labute approximate surface area is 336 Å². The second kappa shape index (κ2) is 15.2. The molecule has 3 saturated heterocycles. The first kappa shape index (κ1) is 38.5. The van der Waals surface area contributed by atoms with Gasteiger partial charge in [0.05, 0.1) is 39.9 Å². The molecule has 2 N–H and O–H groups in total. The highest BCUT2D eigenvalue weighted by molar-refractivity contribution is 6.31. The number of anilines is 2. The Morgan fingerprint density at radius 2 is 1.74 bits per heavy atom. The number of likely N-dealkylation sites (tertiary alicyclic amines) is 1. The first-order valence-electron chi connectivity index (χ1n) is 19.7. The molecule has 4 aliphatic rings. The van der Waals surface area contributed by atoms with Crippen LogP contribution in [-0.2, 0) is 4.79 Å². The number of aromatic nitrogens is 5. The van der Waals surface area contributed by atoms with Crippen LogP contribution in [0.5, 0.6) is 5.75 Å². The molecule has 4 aromatic heterocycles. The summed E-state index contributed by atoms with van der Waals surface area (Å²) in [6.45, 7) is 13.5. The highest BCUT2D eigenvalue weighted by Crippen LogP contribution is 2.55. The van der Waals surface area contributed by atoms with E-state index in [0.29, 0.717) is 29.6 Å². The standard InChI is InChI=1S/C41H48ClN11O4/c1-40(2)37(41(3,4)38(40)57-28-19-30(42)31(20-43)45-22-28)49-36(55)26-5-6-33(46-21-26)51-16-8-25(9-17-51)24-50-14-10-27(11-15-50)53-32-7-13-44-35(29(32)23-47-53)52-18-12-34(54)48-39(52)56/h5-7,13,19,21-23,25,27,37-38H,8-12,14-18,24H2,1-4H3,(H,49,55)(H,48,54,56)/t37-,38-. The third-order valence-electron chi connectivity index (χ3n) is 12.5. The Balaban J connectivity index is 0.800. The van der Waals surface area contributed by atoms with E-state index in [4.69, 9.17) is 31.7 Å². The lowest BCUT2D eigenvalue weighted by Crippen LogP contribution is -2.74. The zero-order valence-corrected chi connectivity index (χ0v) is 33.5. The van der Waals surface area contributed by atoms with Gasteiger partial charge in [-0.15, -0.1) is 0 Å². The van der Waals surface area contributed by atoms with E-state index in [9.17, 15) is 14.4 Å². The van der Waals surface area contributed by atoms with Gasteiger partial charge < -0.3 is 19.9 Å². The number of hydrogen-bond acceptors (Lipinski definition) is 11. The fraction of sp³-hybridized carbons (Fsp3) is 0.512. The Kier molecular flexibility index (Phi) is 10.3. The van der Waals surface area contributed by atoms with E-state index in [1.807, 2.05) is 24.3 Å². The van der Waals surface area contributed by atoms with Crippen LogP contribution in [0.4, 0.5) is 16.4 Å². The van der Waals surface area contributed by atoms with Crippen molar-refractivity contribution in [3.63, 3.8) is 0 Å². The molecule has 15 nitrogen and oxygen atoms in total. The van der Waals surface area contributed by atoms with E-state index in [1.54, 1.807) is 24.7 Å². The van der Waals surface area contributed by atoms with Crippen molar-refractivity contribution in [1.29, 1.82) is 5.26 Å². The number of urea groups is 1. The molecule has 0 unspecified atom stereocenters. The van der Waals surface area contributed by atoms with E-state index in [-0.39, 0.29) is 58.0 Å². The fourth-order valence-electron chi connectivity index (χ4n) is 9.71. The number of carbonyl (C=O) groups excluding carboxylic acids is 3. The second-order valence-electron chi connectivity index (χ2n) is 16.9. The number of ether oxygens (including phenoxy) is 1. The monoisotopic (exact) mass is 793 g/mol. The highest BCUT2D eigenvalue weighted by atomic mass is 35.5. The zero-order chi connectivity index (χ0) is 40.1. The number of rotatable bonds is 9. The number of carbonyl (C=O) groups is 3. The quantitative estimate of drug-likeness (QED) is 0.223. The minimum atomic E-state index is -0.445. The fourth-order valence-corrected chi connectivity index (χ4v) is 9.91. The third-order valence-corrected chi connectivity index (χ3v) is 12.8. The zero-order valence-electron chi connectivity index (χ0n) is 32.7. The number of imide groups is 1. The molecule has 1 saturated carbocycles. The average molecular weight is 794 g/mol. The van der Waals surface area contributed by atoms with Crippen molar-refractivity contribution in [3.05, 3.63) is 65.3 Å². The number of amides is 4. The Morgan fingerprint density at radius 3 is 2.40 bits per heavy atom. The van der Waals surface area contributed by atoms with Gasteiger partial charge in [0.2, 0.25) is 5.91 Å². The van der Waals surface area contributed by atoms with E-state index in [2.05, 4.69) is 62.8 Å². The summed E-state index contributed by atoms with van der Waals surface area (Å²) in [4.78, 5) is 57.3. The van der Waals surface area contributed by atoms with Gasteiger partial charge >= 0.3 is 6.03 Å². The topological polar surface area (TPSA) is 174 Å². The lowest BCUT2D eigenvalue weighted by atomic mass is 9.49. The number of piperidine rings is 2. The van der Waals surface area contributed by atoms with Gasteiger partial charge in [-0.3, -0.25) is 24.5 Å². The summed E-state index contributed by atoms with van der Waals surface area (Å²) in [6.07, 6.45) is 10.9. The van der Waals surface area contributed by atoms with Crippen molar-refractivity contribution in [2.24, 2.45) is 16.7 Å². The van der Waals surface area contributed by atoms with Gasteiger partial charge in [0.25, 0.3) is 5.91 Å². The first-order chi connectivity index (χ1) is 27.3. The van der Waals surface area contributed by atoms with E-state index < -0.39 is 6.03 Å². The van der Waals surface area contributed by atoms with E-state index >= 15 is 0 Å². The molecule has 3 aliphatic heterocycles. The average Bonchev–Trinajstić information content (AvgIpc) is 3.64. The molecule has 0 aromatic carbocycles. The molecule has 0 bridgehead atoms. The van der Waals surface area contributed by atoms with Crippen molar-refractivity contribution in [2.45, 2.75) is 78.0 Å². The predicted octanol–water partition coefficient (Wildman–Crippen LogP) is 5.36. The summed E-state index contributed by atoms with van der Waals surface area (Å²) in [5.74, 6) is 2.08. The molecule has 4 fully saturated rings. The van der Waals surface area contributed by atoms with Crippen LogP contribution in [0.15, 0.2) is 49.1 Å². The smallest absolute Gasteiger partial charge is 0.329 e. The van der Waals surface area contributed by atoms with Gasteiger partial charge in [0, 0.05) is 81.0 Å². The van der Waals surface area contributed by atoms with Crippen LogP contribution >= 0.6 is 11.6 Å². The molecule has 0 atom stereocenters. The predicted molar refractivity (Wildman–Crippen MR) is 214 cm³/mol. The summed E-state index contributed by atoms with van der Waals surface area (Å²) in [6, 6.07) is 8.99. The molecule has 16 heteroatoms. The van der Waals surface area contributed by atoms with Crippen LogP contribution in [0.2, 0.25) is 5.02 Å². The number of nitriles is 1. The summed E-state index contributed by atoms with van der Waals surface area (Å²) in [7, 11) is 0. The number of fused-ring (bicyclic) bond motifs is 1. The van der Waals surface area contributed by atoms with E-state index in [0.717, 1.165) is 75.1 Å². The van der Waals surface area contributed by atoms with Gasteiger partial charge in [-0.25, -0.2) is 19.7 Å². The molecule has 8 rings (SSSR count). The van der Waals surface area contributed by atoms with Gasteiger partial charge in [-0.05, 0) is 49.8 Å². The molecule has 7 heterocycles. The molecular formula is C41H48ClN11O4. The number of pyridine rings is 3. The molecule has 4 aromatic rings. The van der Waals surface area contributed by atoms with Crippen LogP contribution in [0.1, 0.15) is 81.9 Å². The molecular weight excluding hydrogens is 746 g/mol. The van der Waals surface area contributed by atoms with Gasteiger partial charge in [0.15, 0.2) is 5.69 Å². The van der Waals surface area contributed by atoms with Crippen molar-refractivity contribution in [3.8, 4) is 11.8 Å². The van der Waals surface area contributed by atoms with Crippen LogP contribution in [0, 0.1) is 28.1 Å². The van der Waals surface area contributed by atoms with Crippen molar-refractivity contribution in [1.82, 2.24) is 40.3 Å². The second-order valence-corrected chi connectivity index (χ2v) is 17.3. The normalized spacial score (nSPS) is 22.8. The SMILES string of the molecule is CC1(C)[C@H](NC(=O)c2ccc(N3CCC(CN4CCC(n5ncc6c(N7CCC(=O)NC7=O)nccc65)CC4)CC3)nc2)C(C)(C)[C@H]1Oc1cnc(C#N)c(Cl)c1. The number of halogens is 1. The van der Waals surface area contributed by atoms with Crippen LogP contribution in [-0.4, -0.2) is 98.9 Å². The van der Waals surface area contributed by atoms with Crippen molar-refractivity contribution >= 4 is 52.0 Å². The van der Waals surface area contributed by atoms with Crippen molar-refractivity contribution < 1.29 is 19.1 Å². The summed E-state index contributed by atoms with van der Waals surface area (Å²) < 4.78 is 8.40. The Morgan fingerprint density at radius 1 is 0.982 bits per heavy atom. The molecule has 1 aliphatic carbocycles. The molecule has 0 radical (unpaired) electrons. The van der Waals surface area contributed by atoms with Gasteiger partial charge in [-0.2, -0.15) is 10.4 Å². The Hall–Kier alpha value is -5.33. The molecule has 298 valence electrons. The third kappa shape index (κ3) is 7.36. The van der Waals surface area contributed by atoms with E-state index in [1.165, 1.54) is 11.1 Å². The Bertz CT molecular complexity index is 2200. The largest absolute Gasteiger partial charge is 0.487 e. The molecule has 0 spiro atoms. The minimum absolute atomic E-state index is 0.152. The summed E-state index contributed by atoms with van der Waals surface area (Å²) >= 11 is 6.19. The number of nitrogens with one attached hydrogen (secondary N) is 2. The summed E-state index contributed by atoms with van der Waals surface area (Å²) in [5.41, 5.74) is 0.852. The maximum Gasteiger partial charge on any atom is 0.329 e. The number of hydrogen-bond donors (Lipinski definition) is 2. The number of nitrogens with zero attached hydrogens (tertiary/aromatic N) is 9. The lowest BCUT2D eigenvalue weighted by molar-refractivity contribution is -0.164. The molecule has 4 amide bonds. The maximum atomic E-state index is 13.5. The molecule has 57 heavy (non-hydrogen) atoms. The minimum Gasteiger partial charge on any atom is -0.487 e.